The number of aromatic nitrogens is 1. The zero-order chi connectivity index (χ0) is 21.4. The standard InChI is InChI=1S/C23H25N3O3S2/c27-23(17-9-11-19(12-10-17)31(28,29)26-14-3-4-15-26)25-13-5-6-18(16-25)22-24-20-7-1-2-8-21(20)30-22/h1-2,7-12,18H,3-6,13-16H2/t18-/m0/s1. The maximum atomic E-state index is 13.1. The van der Waals surface area contributed by atoms with Crippen LogP contribution in [0.25, 0.3) is 10.2 Å². The van der Waals surface area contributed by atoms with E-state index < -0.39 is 10.0 Å². The molecule has 31 heavy (non-hydrogen) atoms. The average molecular weight is 456 g/mol. The molecule has 0 bridgehead atoms. The maximum Gasteiger partial charge on any atom is 0.253 e. The predicted molar refractivity (Wildman–Crippen MR) is 122 cm³/mol. The van der Waals surface area contributed by atoms with Gasteiger partial charge in [0.25, 0.3) is 5.91 Å². The van der Waals surface area contributed by atoms with Crippen LogP contribution in [-0.4, -0.2) is 54.7 Å². The molecule has 1 aromatic heterocycles. The van der Waals surface area contributed by atoms with Crippen molar-refractivity contribution in [2.24, 2.45) is 0 Å². The van der Waals surface area contributed by atoms with E-state index in [0.29, 0.717) is 31.7 Å². The number of rotatable bonds is 4. The molecule has 1 amide bonds. The van der Waals surface area contributed by atoms with E-state index in [2.05, 4.69) is 6.07 Å². The van der Waals surface area contributed by atoms with Gasteiger partial charge in [-0.25, -0.2) is 13.4 Å². The molecule has 5 rings (SSSR count). The number of piperidine rings is 1. The largest absolute Gasteiger partial charge is 0.338 e. The molecule has 2 aliphatic heterocycles. The molecule has 0 aliphatic carbocycles. The normalized spacial score (nSPS) is 20.4. The Morgan fingerprint density at radius 2 is 1.71 bits per heavy atom. The zero-order valence-corrected chi connectivity index (χ0v) is 18.9. The highest BCUT2D eigenvalue weighted by Gasteiger charge is 2.29. The van der Waals surface area contributed by atoms with Crippen LogP contribution in [0.5, 0.6) is 0 Å². The molecule has 0 saturated carbocycles. The number of hydrogen-bond donors (Lipinski definition) is 0. The van der Waals surface area contributed by atoms with Gasteiger partial charge in [-0.15, -0.1) is 11.3 Å². The van der Waals surface area contributed by atoms with E-state index in [0.717, 1.165) is 36.2 Å². The molecule has 2 saturated heterocycles. The van der Waals surface area contributed by atoms with Gasteiger partial charge in [-0.3, -0.25) is 4.79 Å². The molecule has 1 atom stereocenters. The lowest BCUT2D eigenvalue weighted by Gasteiger charge is -2.32. The number of amides is 1. The van der Waals surface area contributed by atoms with Crippen molar-refractivity contribution in [2.45, 2.75) is 36.5 Å². The van der Waals surface area contributed by atoms with Crippen molar-refractivity contribution in [2.75, 3.05) is 26.2 Å². The molecule has 3 aromatic rings. The summed E-state index contributed by atoms with van der Waals surface area (Å²) in [6.45, 7) is 2.51. The SMILES string of the molecule is O=C(c1ccc(S(=O)(=O)N2CCCC2)cc1)N1CCC[C@H](c2nc3ccccc3s2)C1. The van der Waals surface area contributed by atoms with Gasteiger partial charge in [0.05, 0.1) is 20.1 Å². The molecule has 0 radical (unpaired) electrons. The van der Waals surface area contributed by atoms with Gasteiger partial charge >= 0.3 is 0 Å². The molecule has 8 heteroatoms. The van der Waals surface area contributed by atoms with Crippen LogP contribution >= 0.6 is 11.3 Å². The number of likely N-dealkylation sites (tertiary alicyclic amines) is 1. The van der Waals surface area contributed by atoms with Gasteiger partial charge in [0.2, 0.25) is 10.0 Å². The van der Waals surface area contributed by atoms with Gasteiger partial charge < -0.3 is 4.90 Å². The second-order valence-corrected chi connectivity index (χ2v) is 11.2. The molecule has 0 unspecified atom stereocenters. The van der Waals surface area contributed by atoms with Crippen LogP contribution < -0.4 is 0 Å². The average Bonchev–Trinajstić information content (AvgIpc) is 3.49. The minimum Gasteiger partial charge on any atom is -0.338 e. The minimum absolute atomic E-state index is 0.0454. The minimum atomic E-state index is -3.46. The van der Waals surface area contributed by atoms with E-state index in [1.807, 2.05) is 23.1 Å². The van der Waals surface area contributed by atoms with Crippen molar-refractivity contribution in [3.05, 3.63) is 59.1 Å². The third-order valence-electron chi connectivity index (χ3n) is 6.17. The fourth-order valence-corrected chi connectivity index (χ4v) is 7.07. The number of thiazole rings is 1. The lowest BCUT2D eigenvalue weighted by molar-refractivity contribution is 0.0707. The second kappa shape index (κ2) is 8.33. The van der Waals surface area contributed by atoms with Crippen molar-refractivity contribution in [1.29, 1.82) is 0 Å². The number of nitrogens with zero attached hydrogens (tertiary/aromatic N) is 3. The molecule has 0 N–H and O–H groups in total. The van der Waals surface area contributed by atoms with Crippen LogP contribution in [0.15, 0.2) is 53.4 Å². The van der Waals surface area contributed by atoms with Crippen LogP contribution in [-0.2, 0) is 10.0 Å². The number of fused-ring (bicyclic) bond motifs is 1. The Hall–Kier alpha value is -2.29. The van der Waals surface area contributed by atoms with Gasteiger partial charge in [0.15, 0.2) is 0 Å². The van der Waals surface area contributed by atoms with Crippen LogP contribution in [0.3, 0.4) is 0 Å². The number of hydrogen-bond acceptors (Lipinski definition) is 5. The molecule has 3 heterocycles. The fraction of sp³-hybridized carbons (Fsp3) is 0.391. The Morgan fingerprint density at radius 1 is 0.968 bits per heavy atom. The number of para-hydroxylation sites is 1. The summed E-state index contributed by atoms with van der Waals surface area (Å²) in [5.41, 5.74) is 1.55. The number of sulfonamides is 1. The van der Waals surface area contributed by atoms with E-state index >= 15 is 0 Å². The van der Waals surface area contributed by atoms with Gasteiger partial charge in [0.1, 0.15) is 0 Å². The lowest BCUT2D eigenvalue weighted by atomic mass is 9.98. The molecule has 2 aliphatic rings. The highest BCUT2D eigenvalue weighted by molar-refractivity contribution is 7.89. The van der Waals surface area contributed by atoms with E-state index in [9.17, 15) is 13.2 Å². The highest BCUT2D eigenvalue weighted by Crippen LogP contribution is 2.33. The summed E-state index contributed by atoms with van der Waals surface area (Å²) in [6.07, 6.45) is 3.77. The number of benzene rings is 2. The molecule has 2 fully saturated rings. The quantitative estimate of drug-likeness (QED) is 0.594. The first-order chi connectivity index (χ1) is 15.0. The van der Waals surface area contributed by atoms with Gasteiger partial charge in [-0.2, -0.15) is 4.31 Å². The Labute approximate surface area is 186 Å². The van der Waals surface area contributed by atoms with Crippen molar-refractivity contribution in [3.63, 3.8) is 0 Å². The molecule has 0 spiro atoms. The monoisotopic (exact) mass is 455 g/mol. The third kappa shape index (κ3) is 4.00. The molecule has 2 aromatic carbocycles. The van der Waals surface area contributed by atoms with Crippen molar-refractivity contribution >= 4 is 37.5 Å². The maximum absolute atomic E-state index is 13.1. The van der Waals surface area contributed by atoms with Gasteiger partial charge in [0, 0.05) is 37.7 Å². The molecular formula is C23H25N3O3S2. The molecule has 162 valence electrons. The Morgan fingerprint density at radius 3 is 2.45 bits per heavy atom. The van der Waals surface area contributed by atoms with Crippen molar-refractivity contribution in [3.8, 4) is 0 Å². The summed E-state index contributed by atoms with van der Waals surface area (Å²) in [6, 6.07) is 14.6. The summed E-state index contributed by atoms with van der Waals surface area (Å²) >= 11 is 1.71. The van der Waals surface area contributed by atoms with Crippen LogP contribution in [0.4, 0.5) is 0 Å². The van der Waals surface area contributed by atoms with Crippen molar-refractivity contribution < 1.29 is 13.2 Å². The summed E-state index contributed by atoms with van der Waals surface area (Å²) < 4.78 is 28.1. The molecular weight excluding hydrogens is 430 g/mol. The first kappa shape index (κ1) is 20.6. The highest BCUT2D eigenvalue weighted by atomic mass is 32.2. The van der Waals surface area contributed by atoms with Gasteiger partial charge in [-0.05, 0) is 62.1 Å². The number of carbonyl (C=O) groups excluding carboxylic acids is 1. The van der Waals surface area contributed by atoms with E-state index in [-0.39, 0.29) is 16.7 Å². The Balaban J connectivity index is 1.31. The smallest absolute Gasteiger partial charge is 0.253 e. The lowest BCUT2D eigenvalue weighted by Crippen LogP contribution is -2.39. The van der Waals surface area contributed by atoms with E-state index in [1.54, 1.807) is 35.6 Å². The van der Waals surface area contributed by atoms with E-state index in [4.69, 9.17) is 4.98 Å². The first-order valence-electron chi connectivity index (χ1n) is 10.8. The summed E-state index contributed by atoms with van der Waals surface area (Å²) in [4.78, 5) is 20.0. The summed E-state index contributed by atoms with van der Waals surface area (Å²) in [5, 5.41) is 1.09. The molecule has 6 nitrogen and oxygen atoms in total. The fourth-order valence-electron chi connectivity index (χ4n) is 4.46. The van der Waals surface area contributed by atoms with Crippen LogP contribution in [0.2, 0.25) is 0 Å². The predicted octanol–water partition coefficient (Wildman–Crippen LogP) is 4.10. The van der Waals surface area contributed by atoms with E-state index in [1.165, 1.54) is 9.01 Å². The van der Waals surface area contributed by atoms with Crippen LogP contribution in [0.1, 0.15) is 47.0 Å². The topological polar surface area (TPSA) is 70.6 Å². The zero-order valence-electron chi connectivity index (χ0n) is 17.2. The first-order valence-corrected chi connectivity index (χ1v) is 13.0. The summed E-state index contributed by atoms with van der Waals surface area (Å²) in [5.74, 6) is 0.195. The van der Waals surface area contributed by atoms with Crippen molar-refractivity contribution in [1.82, 2.24) is 14.2 Å². The second-order valence-electron chi connectivity index (χ2n) is 8.25. The summed E-state index contributed by atoms with van der Waals surface area (Å²) in [7, 11) is -3.46. The Kier molecular flexibility index (Phi) is 5.54. The Bertz CT molecular complexity index is 1170. The third-order valence-corrected chi connectivity index (χ3v) is 9.28. The van der Waals surface area contributed by atoms with Crippen LogP contribution in [0, 0.1) is 0 Å². The van der Waals surface area contributed by atoms with Gasteiger partial charge in [-0.1, -0.05) is 12.1 Å². The number of carbonyl (C=O) groups is 1.